The van der Waals surface area contributed by atoms with E-state index in [0.717, 1.165) is 18.5 Å². The largest absolute Gasteiger partial charge is 0.463 e. The molecule has 0 bridgehead atoms. The van der Waals surface area contributed by atoms with Gasteiger partial charge in [-0.15, -0.1) is 0 Å². The van der Waals surface area contributed by atoms with E-state index in [-0.39, 0.29) is 5.97 Å². The van der Waals surface area contributed by atoms with Gasteiger partial charge in [-0.1, -0.05) is 6.07 Å². The number of carbonyl (C=O) groups is 1. The van der Waals surface area contributed by atoms with Crippen molar-refractivity contribution in [2.75, 3.05) is 25.1 Å². The molecule has 1 aromatic carbocycles. The summed E-state index contributed by atoms with van der Waals surface area (Å²) < 4.78 is 4.99. The number of anilines is 1. The van der Waals surface area contributed by atoms with Crippen LogP contribution in [0, 0.1) is 0 Å². The topological polar surface area (TPSA) is 29.5 Å². The van der Waals surface area contributed by atoms with Gasteiger partial charge in [-0.25, -0.2) is 4.79 Å². The first-order valence-corrected chi connectivity index (χ1v) is 6.81. The molecule has 0 aliphatic carbocycles. The van der Waals surface area contributed by atoms with Crippen LogP contribution in [-0.2, 0) is 16.0 Å². The summed E-state index contributed by atoms with van der Waals surface area (Å²) in [4.78, 5) is 13.9. The Morgan fingerprint density at radius 1 is 1.47 bits per heavy atom. The van der Waals surface area contributed by atoms with Crippen LogP contribution in [0.15, 0.2) is 23.8 Å². The first kappa shape index (κ1) is 13.7. The van der Waals surface area contributed by atoms with Crippen molar-refractivity contribution >= 4 is 17.7 Å². The molecule has 0 saturated carbocycles. The first-order chi connectivity index (χ1) is 9.11. The molecule has 1 aliphatic rings. The van der Waals surface area contributed by atoms with Gasteiger partial charge in [0.25, 0.3) is 0 Å². The molecule has 19 heavy (non-hydrogen) atoms. The number of fused-ring (bicyclic) bond motifs is 1. The number of rotatable bonds is 3. The van der Waals surface area contributed by atoms with Crippen LogP contribution < -0.4 is 4.90 Å². The van der Waals surface area contributed by atoms with Crippen molar-refractivity contribution in [2.24, 2.45) is 0 Å². The highest BCUT2D eigenvalue weighted by molar-refractivity contribution is 5.93. The first-order valence-electron chi connectivity index (χ1n) is 6.81. The Kier molecular flexibility index (Phi) is 4.25. The van der Waals surface area contributed by atoms with Crippen molar-refractivity contribution in [1.29, 1.82) is 0 Å². The molecular formula is C16H21NO2. The van der Waals surface area contributed by atoms with Gasteiger partial charge in [0.05, 0.1) is 6.61 Å². The third-order valence-electron chi connectivity index (χ3n) is 3.44. The third kappa shape index (κ3) is 3.16. The summed E-state index contributed by atoms with van der Waals surface area (Å²) in [5.74, 6) is -0.239. The Morgan fingerprint density at radius 3 is 3.00 bits per heavy atom. The highest BCUT2D eigenvalue weighted by Gasteiger charge is 2.13. The highest BCUT2D eigenvalue weighted by atomic mass is 16.5. The second-order valence-corrected chi connectivity index (χ2v) is 4.96. The predicted molar refractivity (Wildman–Crippen MR) is 78.3 cm³/mol. The zero-order chi connectivity index (χ0) is 13.8. The van der Waals surface area contributed by atoms with Crippen molar-refractivity contribution in [2.45, 2.75) is 26.7 Å². The molecule has 102 valence electrons. The van der Waals surface area contributed by atoms with E-state index in [4.69, 9.17) is 4.74 Å². The Balaban J connectivity index is 2.23. The van der Waals surface area contributed by atoms with Gasteiger partial charge in [-0.2, -0.15) is 0 Å². The molecule has 1 heterocycles. The number of esters is 1. The fourth-order valence-electron chi connectivity index (χ4n) is 2.45. The van der Waals surface area contributed by atoms with E-state index < -0.39 is 0 Å². The Hall–Kier alpha value is -1.77. The number of nitrogens with zero attached hydrogens (tertiary/aromatic N) is 1. The maximum absolute atomic E-state index is 11.6. The third-order valence-corrected chi connectivity index (χ3v) is 3.44. The van der Waals surface area contributed by atoms with Crippen molar-refractivity contribution in [3.05, 3.63) is 34.9 Å². The van der Waals surface area contributed by atoms with Crippen LogP contribution in [0.4, 0.5) is 5.69 Å². The molecule has 0 unspecified atom stereocenters. The SMILES string of the molecule is CCOC(=O)/C(C)=C/c1ccc2c(c1)CCCN2C. The van der Waals surface area contributed by atoms with Gasteiger partial charge >= 0.3 is 5.97 Å². The van der Waals surface area contributed by atoms with Crippen LogP contribution in [0.1, 0.15) is 31.4 Å². The maximum Gasteiger partial charge on any atom is 0.333 e. The molecule has 0 amide bonds. The van der Waals surface area contributed by atoms with Gasteiger partial charge in [0, 0.05) is 24.9 Å². The molecule has 1 aliphatic heterocycles. The van der Waals surface area contributed by atoms with E-state index in [2.05, 4.69) is 30.1 Å². The molecule has 3 nitrogen and oxygen atoms in total. The molecule has 0 N–H and O–H groups in total. The molecule has 1 aromatic rings. The minimum atomic E-state index is -0.239. The molecule has 2 rings (SSSR count). The minimum absolute atomic E-state index is 0.239. The van der Waals surface area contributed by atoms with Gasteiger partial charge < -0.3 is 9.64 Å². The quantitative estimate of drug-likeness (QED) is 0.617. The smallest absolute Gasteiger partial charge is 0.333 e. The maximum atomic E-state index is 11.6. The van der Waals surface area contributed by atoms with Crippen LogP contribution in [-0.4, -0.2) is 26.2 Å². The predicted octanol–water partition coefficient (Wildman–Crippen LogP) is 3.04. The van der Waals surface area contributed by atoms with Crippen LogP contribution in [0.2, 0.25) is 0 Å². The lowest BCUT2D eigenvalue weighted by atomic mass is 9.99. The Labute approximate surface area is 114 Å². The molecule has 0 saturated heterocycles. The summed E-state index contributed by atoms with van der Waals surface area (Å²) in [5, 5.41) is 0. The standard InChI is InChI=1S/C16H21NO2/c1-4-19-16(18)12(2)10-13-7-8-15-14(11-13)6-5-9-17(15)3/h7-8,10-11H,4-6,9H2,1-3H3/b12-10+. The van der Waals surface area contributed by atoms with Crippen molar-refractivity contribution < 1.29 is 9.53 Å². The molecule has 3 heteroatoms. The average Bonchev–Trinajstić information content (AvgIpc) is 2.39. The number of hydrogen-bond donors (Lipinski definition) is 0. The van der Waals surface area contributed by atoms with E-state index >= 15 is 0 Å². The van der Waals surface area contributed by atoms with E-state index in [1.54, 1.807) is 6.92 Å². The molecule has 0 spiro atoms. The fraction of sp³-hybridized carbons (Fsp3) is 0.438. The lowest BCUT2D eigenvalue weighted by Crippen LogP contribution is -2.24. The number of ether oxygens (including phenoxy) is 1. The molecule has 0 aromatic heterocycles. The summed E-state index contributed by atoms with van der Waals surface area (Å²) in [7, 11) is 2.12. The van der Waals surface area contributed by atoms with E-state index in [9.17, 15) is 4.79 Å². The van der Waals surface area contributed by atoms with Crippen LogP contribution in [0.25, 0.3) is 6.08 Å². The molecular weight excluding hydrogens is 238 g/mol. The van der Waals surface area contributed by atoms with Gasteiger partial charge in [0.2, 0.25) is 0 Å². The van der Waals surface area contributed by atoms with Gasteiger partial charge in [0.1, 0.15) is 0 Å². The van der Waals surface area contributed by atoms with Crippen molar-refractivity contribution in [1.82, 2.24) is 0 Å². The lowest BCUT2D eigenvalue weighted by molar-refractivity contribution is -0.138. The number of hydrogen-bond acceptors (Lipinski definition) is 3. The van der Waals surface area contributed by atoms with E-state index in [1.807, 2.05) is 13.0 Å². The Morgan fingerprint density at radius 2 is 2.26 bits per heavy atom. The second-order valence-electron chi connectivity index (χ2n) is 4.96. The highest BCUT2D eigenvalue weighted by Crippen LogP contribution is 2.27. The monoisotopic (exact) mass is 259 g/mol. The summed E-state index contributed by atoms with van der Waals surface area (Å²) in [6, 6.07) is 6.37. The fourth-order valence-corrected chi connectivity index (χ4v) is 2.45. The Bertz CT molecular complexity index is 505. The van der Waals surface area contributed by atoms with Gasteiger partial charge in [-0.3, -0.25) is 0 Å². The number of aryl methyl sites for hydroxylation is 1. The van der Waals surface area contributed by atoms with Crippen LogP contribution >= 0.6 is 0 Å². The minimum Gasteiger partial charge on any atom is -0.463 e. The lowest BCUT2D eigenvalue weighted by Gasteiger charge is -2.27. The second kappa shape index (κ2) is 5.91. The van der Waals surface area contributed by atoms with Crippen LogP contribution in [0.3, 0.4) is 0 Å². The average molecular weight is 259 g/mol. The normalized spacial score (nSPS) is 15.1. The van der Waals surface area contributed by atoms with Gasteiger partial charge in [-0.05, 0) is 56.0 Å². The van der Waals surface area contributed by atoms with Crippen molar-refractivity contribution in [3.63, 3.8) is 0 Å². The zero-order valence-corrected chi connectivity index (χ0v) is 11.9. The number of benzene rings is 1. The summed E-state index contributed by atoms with van der Waals surface area (Å²) in [6.07, 6.45) is 4.19. The van der Waals surface area contributed by atoms with Crippen molar-refractivity contribution in [3.8, 4) is 0 Å². The van der Waals surface area contributed by atoms with E-state index in [0.29, 0.717) is 12.2 Å². The summed E-state index contributed by atoms with van der Waals surface area (Å²) in [5.41, 5.74) is 4.38. The molecule has 0 atom stereocenters. The summed E-state index contributed by atoms with van der Waals surface area (Å²) in [6.45, 7) is 5.15. The molecule has 0 radical (unpaired) electrons. The number of carbonyl (C=O) groups excluding carboxylic acids is 1. The van der Waals surface area contributed by atoms with Crippen LogP contribution in [0.5, 0.6) is 0 Å². The van der Waals surface area contributed by atoms with E-state index in [1.165, 1.54) is 17.7 Å². The molecule has 0 fully saturated rings. The summed E-state index contributed by atoms with van der Waals surface area (Å²) >= 11 is 0. The van der Waals surface area contributed by atoms with Gasteiger partial charge in [0.15, 0.2) is 0 Å². The zero-order valence-electron chi connectivity index (χ0n) is 11.9.